The Balaban J connectivity index is -0.000000303. The number of hydrogen-bond donors (Lipinski definition) is 0. The van der Waals surface area contributed by atoms with E-state index in [0.717, 1.165) is 12.8 Å². The summed E-state index contributed by atoms with van der Waals surface area (Å²) in [5.74, 6) is -0.917. The van der Waals surface area contributed by atoms with Crippen LogP contribution in [0, 0.1) is 13.8 Å². The molecular weight excluding hydrogens is 447 g/mol. The zero-order valence-electron chi connectivity index (χ0n) is 16.1. The fourth-order valence-electron chi connectivity index (χ4n) is 1.03. The van der Waals surface area contributed by atoms with Crippen molar-refractivity contribution in [2.24, 2.45) is 0 Å². The average Bonchev–Trinajstić information content (AvgIpc) is 2.97. The quantitative estimate of drug-likeness (QED) is 0.494. The van der Waals surface area contributed by atoms with Crippen LogP contribution in [-0.4, -0.2) is 23.9 Å². The maximum atomic E-state index is 10.5. The van der Waals surface area contributed by atoms with Gasteiger partial charge in [-0.2, -0.15) is 12.8 Å². The Hall–Kier alpha value is -1.82. The molecule has 0 heterocycles. The Morgan fingerprint density at radius 3 is 1.19 bits per heavy atom. The van der Waals surface area contributed by atoms with Gasteiger partial charge in [0.1, 0.15) is 0 Å². The number of hydrogen-bond acceptors (Lipinski definition) is 4. The molecule has 4 nitrogen and oxygen atoms in total. The molecule has 0 unspecified atom stereocenters. The van der Waals surface area contributed by atoms with Crippen molar-refractivity contribution in [3.63, 3.8) is 0 Å². The summed E-state index contributed by atoms with van der Waals surface area (Å²) in [6, 6.07) is 14.5. The summed E-state index contributed by atoms with van der Waals surface area (Å²) in [5, 5.41) is 21.0. The third-order valence-corrected chi connectivity index (χ3v) is 2.63. The van der Waals surface area contributed by atoms with E-state index in [9.17, 15) is 19.8 Å². The zero-order valence-corrected chi connectivity index (χ0v) is 19.0. The predicted octanol–water partition coefficient (Wildman–Crippen LogP) is 3.10. The molecule has 27 heavy (non-hydrogen) atoms. The normalized spacial score (nSPS) is 8.15. The molecule has 4 radical (unpaired) electrons. The first-order chi connectivity index (χ1) is 12.4. The van der Waals surface area contributed by atoms with Crippen molar-refractivity contribution in [1.82, 2.24) is 0 Å². The van der Waals surface area contributed by atoms with Crippen LogP contribution >= 0.6 is 0 Å². The van der Waals surface area contributed by atoms with E-state index in [-0.39, 0.29) is 23.9 Å². The van der Waals surface area contributed by atoms with Gasteiger partial charge in [0.15, 0.2) is 10.9 Å². The molecule has 0 spiro atoms. The summed E-state index contributed by atoms with van der Waals surface area (Å²) in [4.78, 5) is 21.0. The molecule has 0 N–H and O–H groups in total. The number of rotatable bonds is 2. The molecule has 5 heteroatoms. The van der Waals surface area contributed by atoms with Gasteiger partial charge >= 0.3 is 0 Å². The van der Waals surface area contributed by atoms with Gasteiger partial charge in [-0.25, -0.2) is 0 Å². The third-order valence-electron chi connectivity index (χ3n) is 2.63. The monoisotopic (exact) mass is 476 g/mol. The van der Waals surface area contributed by atoms with E-state index in [1.54, 1.807) is 36.4 Å². The van der Waals surface area contributed by atoms with E-state index in [2.05, 4.69) is 27.7 Å². The van der Waals surface area contributed by atoms with E-state index < -0.39 is 22.4 Å². The van der Waals surface area contributed by atoms with Crippen molar-refractivity contribution < 1.29 is 10.2 Å². The molecule has 0 fully saturated rings. The second-order valence-electron chi connectivity index (χ2n) is 4.99. The minimum Gasteiger partial charge on any atom is -0.870 e. The van der Waals surface area contributed by atoms with Crippen LogP contribution in [0.15, 0.2) is 70.3 Å². The molecule has 0 aliphatic heterocycles. The Morgan fingerprint density at radius 2 is 0.926 bits per heavy atom. The standard InChI is InChI=1S/2C7H6O2.2C4H9.Sn/c2*8-6-4-2-1-3-5-7(6)9;2*1-3-4-2;/h2*1-5H,(H,8,9);2*1,3-4H2,2H3;/q;;2*-1;/p-2. The number of unbranched alkanes of at least 4 members (excludes halogenated alkanes) is 2. The minimum absolute atomic E-state index is 0. The van der Waals surface area contributed by atoms with Crippen LogP contribution in [0.3, 0.4) is 0 Å². The molecular formula is C22H28O4Sn-4. The molecule has 0 amide bonds. The van der Waals surface area contributed by atoms with Crippen molar-refractivity contribution in [1.29, 1.82) is 0 Å². The topological polar surface area (TPSA) is 80.3 Å². The summed E-state index contributed by atoms with van der Waals surface area (Å²) < 4.78 is 0. The minimum atomic E-state index is -0.458. The van der Waals surface area contributed by atoms with Gasteiger partial charge in [0.2, 0.25) is 0 Å². The van der Waals surface area contributed by atoms with Gasteiger partial charge in [-0.05, 0) is 12.1 Å². The van der Waals surface area contributed by atoms with Gasteiger partial charge in [-0.1, -0.05) is 86.7 Å². The van der Waals surface area contributed by atoms with Gasteiger partial charge in [0.05, 0.1) is 0 Å². The van der Waals surface area contributed by atoms with Gasteiger partial charge in [-0.3, -0.25) is 9.59 Å². The largest absolute Gasteiger partial charge is 0.870 e. The molecule has 0 bridgehead atoms. The van der Waals surface area contributed by atoms with E-state index >= 15 is 0 Å². The van der Waals surface area contributed by atoms with Crippen molar-refractivity contribution in [3.8, 4) is 11.5 Å². The summed E-state index contributed by atoms with van der Waals surface area (Å²) in [5.41, 5.74) is -0.917. The smallest absolute Gasteiger partial charge is 0.170 e. The second-order valence-corrected chi connectivity index (χ2v) is 4.99. The van der Waals surface area contributed by atoms with Crippen molar-refractivity contribution in [3.05, 3.63) is 95.0 Å². The van der Waals surface area contributed by atoms with Crippen molar-refractivity contribution >= 4 is 23.9 Å². The summed E-state index contributed by atoms with van der Waals surface area (Å²) in [6.45, 7) is 11.4. The van der Waals surface area contributed by atoms with E-state index in [4.69, 9.17) is 0 Å². The van der Waals surface area contributed by atoms with E-state index in [1.807, 2.05) is 0 Å². The molecule has 2 rings (SSSR count). The Labute approximate surface area is 179 Å². The van der Waals surface area contributed by atoms with Crippen LogP contribution < -0.4 is 21.1 Å². The van der Waals surface area contributed by atoms with Crippen LogP contribution in [0.1, 0.15) is 39.5 Å². The van der Waals surface area contributed by atoms with Gasteiger partial charge < -0.3 is 24.1 Å². The molecule has 0 aliphatic carbocycles. The van der Waals surface area contributed by atoms with Gasteiger partial charge in [0, 0.05) is 23.9 Å². The van der Waals surface area contributed by atoms with Gasteiger partial charge in [0.25, 0.3) is 0 Å². The molecule has 2 aromatic rings. The molecule has 0 saturated heterocycles. The summed E-state index contributed by atoms with van der Waals surface area (Å²) in [7, 11) is 0. The van der Waals surface area contributed by atoms with E-state index in [0.29, 0.717) is 0 Å². The Kier molecular flexibility index (Phi) is 24.6. The van der Waals surface area contributed by atoms with Crippen molar-refractivity contribution in [2.75, 3.05) is 0 Å². The molecule has 0 atom stereocenters. The van der Waals surface area contributed by atoms with E-state index in [1.165, 1.54) is 37.1 Å². The predicted molar refractivity (Wildman–Crippen MR) is 111 cm³/mol. The SMILES string of the molecule is O=c1cccccc1[O-].O=c1cccccc1[O-].[CH2-]CCC.[CH2-]CCC.[Sn]. The molecule has 0 aromatic heterocycles. The Morgan fingerprint density at radius 1 is 0.667 bits per heavy atom. The molecule has 148 valence electrons. The summed E-state index contributed by atoms with van der Waals surface area (Å²) in [6.07, 6.45) is 4.56. The first kappa shape index (κ1) is 29.9. The van der Waals surface area contributed by atoms with Crippen LogP contribution in [0.25, 0.3) is 0 Å². The van der Waals surface area contributed by atoms with Crippen LogP contribution in [0.4, 0.5) is 0 Å². The molecule has 0 aliphatic rings. The maximum absolute atomic E-state index is 10.5. The molecule has 0 saturated carbocycles. The van der Waals surface area contributed by atoms with Gasteiger partial charge in [-0.15, -0.1) is 0 Å². The zero-order chi connectivity index (χ0) is 20.2. The second kappa shape index (κ2) is 22.2. The maximum Gasteiger partial charge on any atom is 0.170 e. The van der Waals surface area contributed by atoms with Crippen LogP contribution in [0.2, 0.25) is 0 Å². The van der Waals surface area contributed by atoms with Crippen LogP contribution in [0.5, 0.6) is 11.5 Å². The average molecular weight is 475 g/mol. The first-order valence-electron chi connectivity index (χ1n) is 8.55. The Bertz CT molecular complexity index is 625. The summed E-state index contributed by atoms with van der Waals surface area (Å²) >= 11 is 0. The first-order valence-corrected chi connectivity index (χ1v) is 8.55. The third kappa shape index (κ3) is 20.3. The fourth-order valence-corrected chi connectivity index (χ4v) is 1.03. The van der Waals surface area contributed by atoms with Crippen molar-refractivity contribution in [2.45, 2.75) is 39.5 Å². The fraction of sp³-hybridized carbons (Fsp3) is 0.273. The van der Waals surface area contributed by atoms with Crippen LogP contribution in [-0.2, 0) is 0 Å². The molecule has 2 aromatic carbocycles.